The van der Waals surface area contributed by atoms with Crippen LogP contribution >= 0.6 is 22.6 Å². The average Bonchev–Trinajstić information content (AvgIpc) is 2.24. The van der Waals surface area contributed by atoms with Gasteiger partial charge in [0.2, 0.25) is 0 Å². The lowest BCUT2D eigenvalue weighted by atomic mass is 9.95. The Morgan fingerprint density at radius 2 is 2.07 bits per heavy atom. The Bertz CT molecular complexity index is 213. The minimum Gasteiger partial charge on any atom is -0.0991 e. The van der Waals surface area contributed by atoms with Crippen molar-refractivity contribution in [1.29, 1.82) is 0 Å². The van der Waals surface area contributed by atoms with Crippen LogP contribution in [0.25, 0.3) is 0 Å². The molecule has 1 atom stereocenters. The third kappa shape index (κ3) is 7.83. The fraction of sp³-hybridized carbons (Fsp3) is 0.571. The van der Waals surface area contributed by atoms with Crippen molar-refractivity contribution in [2.24, 2.45) is 5.92 Å². The van der Waals surface area contributed by atoms with Gasteiger partial charge in [-0.05, 0) is 12.3 Å². The minimum atomic E-state index is 0.725. The molecule has 0 fully saturated rings. The Morgan fingerprint density at radius 1 is 1.33 bits per heavy atom. The topological polar surface area (TPSA) is 0 Å². The molecule has 0 heterocycles. The second-order valence-electron chi connectivity index (χ2n) is 3.89. The summed E-state index contributed by atoms with van der Waals surface area (Å²) in [4.78, 5) is 0. The van der Waals surface area contributed by atoms with Crippen LogP contribution in [0.1, 0.15) is 39.5 Å². The van der Waals surface area contributed by atoms with E-state index in [-0.39, 0.29) is 0 Å². The molecule has 86 valence electrons. The van der Waals surface area contributed by atoms with Gasteiger partial charge >= 0.3 is 0 Å². The van der Waals surface area contributed by atoms with Crippen molar-refractivity contribution < 1.29 is 0 Å². The lowest BCUT2D eigenvalue weighted by Gasteiger charge is -2.13. The summed E-state index contributed by atoms with van der Waals surface area (Å²) in [6.45, 7) is 8.26. The first-order chi connectivity index (χ1) is 7.26. The van der Waals surface area contributed by atoms with Crippen LogP contribution in [0.4, 0.5) is 0 Å². The third-order valence-corrected chi connectivity index (χ3v) is 3.47. The highest BCUT2D eigenvalue weighted by Crippen LogP contribution is 2.20. The van der Waals surface area contributed by atoms with E-state index in [1.165, 1.54) is 25.7 Å². The van der Waals surface area contributed by atoms with Gasteiger partial charge in [0.15, 0.2) is 0 Å². The van der Waals surface area contributed by atoms with Crippen molar-refractivity contribution in [2.75, 3.05) is 4.43 Å². The van der Waals surface area contributed by atoms with E-state index in [1.54, 1.807) is 5.57 Å². The predicted octanol–water partition coefficient (Wildman–Crippen LogP) is 5.31. The molecule has 0 aromatic carbocycles. The van der Waals surface area contributed by atoms with Crippen molar-refractivity contribution in [3.05, 3.63) is 36.5 Å². The summed E-state index contributed by atoms with van der Waals surface area (Å²) < 4.78 is 1.13. The van der Waals surface area contributed by atoms with E-state index in [2.05, 4.69) is 55.2 Å². The van der Waals surface area contributed by atoms with Crippen LogP contribution in [-0.2, 0) is 0 Å². The number of halogens is 1. The van der Waals surface area contributed by atoms with Crippen LogP contribution in [0, 0.1) is 5.92 Å². The van der Waals surface area contributed by atoms with E-state index < -0.39 is 0 Å². The molecule has 0 aliphatic rings. The van der Waals surface area contributed by atoms with E-state index in [0.717, 1.165) is 10.3 Å². The van der Waals surface area contributed by atoms with Gasteiger partial charge < -0.3 is 0 Å². The SMILES string of the molecule is C=C/C=C\C=C(/CI)C(C)CCCCC. The van der Waals surface area contributed by atoms with Crippen molar-refractivity contribution in [1.82, 2.24) is 0 Å². The molecule has 0 aromatic rings. The van der Waals surface area contributed by atoms with Gasteiger partial charge in [0.1, 0.15) is 0 Å². The summed E-state index contributed by atoms with van der Waals surface area (Å²) >= 11 is 2.45. The van der Waals surface area contributed by atoms with Crippen LogP contribution < -0.4 is 0 Å². The maximum atomic E-state index is 3.67. The van der Waals surface area contributed by atoms with Crippen molar-refractivity contribution in [3.63, 3.8) is 0 Å². The molecule has 1 unspecified atom stereocenters. The number of rotatable bonds is 8. The van der Waals surface area contributed by atoms with Gasteiger partial charge in [-0.15, -0.1) is 0 Å². The molecule has 0 N–H and O–H groups in total. The van der Waals surface area contributed by atoms with Crippen molar-refractivity contribution in [3.8, 4) is 0 Å². The first-order valence-electron chi connectivity index (χ1n) is 5.80. The first kappa shape index (κ1) is 14.9. The van der Waals surface area contributed by atoms with E-state index in [0.29, 0.717) is 0 Å². The Morgan fingerprint density at radius 3 is 2.60 bits per heavy atom. The van der Waals surface area contributed by atoms with Crippen LogP contribution in [0.3, 0.4) is 0 Å². The predicted molar refractivity (Wildman–Crippen MR) is 79.6 cm³/mol. The van der Waals surface area contributed by atoms with E-state index >= 15 is 0 Å². The monoisotopic (exact) mass is 318 g/mol. The summed E-state index contributed by atoms with van der Waals surface area (Å²) in [5, 5.41) is 0. The maximum absolute atomic E-state index is 3.67. The Hall–Kier alpha value is -0.0500. The molecular formula is C14H23I. The van der Waals surface area contributed by atoms with Crippen LogP contribution in [-0.4, -0.2) is 4.43 Å². The molecule has 0 bridgehead atoms. The maximum Gasteiger partial charge on any atom is 0.0211 e. The molecule has 0 radical (unpaired) electrons. The summed E-state index contributed by atoms with van der Waals surface area (Å²) in [6.07, 6.45) is 13.5. The zero-order valence-corrected chi connectivity index (χ0v) is 12.2. The van der Waals surface area contributed by atoms with Crippen molar-refractivity contribution in [2.45, 2.75) is 39.5 Å². The number of unbranched alkanes of at least 4 members (excludes halogenated alkanes) is 2. The fourth-order valence-corrected chi connectivity index (χ4v) is 2.49. The second-order valence-corrected chi connectivity index (χ2v) is 4.66. The van der Waals surface area contributed by atoms with Gasteiger partial charge in [-0.3, -0.25) is 0 Å². The molecule has 0 saturated heterocycles. The summed E-state index contributed by atoms with van der Waals surface area (Å²) in [5.41, 5.74) is 1.55. The van der Waals surface area contributed by atoms with Gasteiger partial charge in [0.05, 0.1) is 0 Å². The number of hydrogen-bond acceptors (Lipinski definition) is 0. The molecule has 0 aliphatic heterocycles. The Kier molecular flexibility index (Phi) is 10.4. The second kappa shape index (κ2) is 10.5. The van der Waals surface area contributed by atoms with E-state index in [1.807, 2.05) is 12.2 Å². The van der Waals surface area contributed by atoms with E-state index in [4.69, 9.17) is 0 Å². The Balaban J connectivity index is 4.08. The van der Waals surface area contributed by atoms with Gasteiger partial charge in [0.25, 0.3) is 0 Å². The highest BCUT2D eigenvalue weighted by molar-refractivity contribution is 14.1. The summed E-state index contributed by atoms with van der Waals surface area (Å²) in [5.74, 6) is 0.725. The normalized spacial score (nSPS) is 14.5. The third-order valence-electron chi connectivity index (χ3n) is 2.59. The van der Waals surface area contributed by atoms with Gasteiger partial charge in [-0.25, -0.2) is 0 Å². The zero-order chi connectivity index (χ0) is 11.5. The smallest absolute Gasteiger partial charge is 0.0211 e. The van der Waals surface area contributed by atoms with E-state index in [9.17, 15) is 0 Å². The van der Waals surface area contributed by atoms with Crippen LogP contribution in [0.5, 0.6) is 0 Å². The van der Waals surface area contributed by atoms with Crippen LogP contribution in [0.2, 0.25) is 0 Å². The molecule has 0 nitrogen and oxygen atoms in total. The molecule has 0 aromatic heterocycles. The summed E-state index contributed by atoms with van der Waals surface area (Å²) in [7, 11) is 0. The number of allylic oxidation sites excluding steroid dienone is 5. The highest BCUT2D eigenvalue weighted by Gasteiger charge is 2.05. The molecule has 0 aliphatic carbocycles. The minimum absolute atomic E-state index is 0.725. The lowest BCUT2D eigenvalue weighted by molar-refractivity contribution is 0.556. The Labute approximate surface area is 109 Å². The van der Waals surface area contributed by atoms with Gasteiger partial charge in [-0.1, -0.05) is 92.2 Å². The van der Waals surface area contributed by atoms with Crippen molar-refractivity contribution >= 4 is 22.6 Å². The molecule has 1 heteroatoms. The number of alkyl halides is 1. The zero-order valence-electron chi connectivity index (χ0n) is 10.0. The standard InChI is InChI=1S/C14H23I/c1-4-6-8-10-13(3)14(12-15)11-9-7-5-2/h5,7,9,11,13H,2,4,6,8,10,12H2,1,3H3/b9-7-,14-11+. The molecule has 0 amide bonds. The molecule has 0 saturated carbocycles. The van der Waals surface area contributed by atoms with Gasteiger partial charge in [0, 0.05) is 4.43 Å². The average molecular weight is 318 g/mol. The fourth-order valence-electron chi connectivity index (χ4n) is 1.48. The first-order valence-corrected chi connectivity index (χ1v) is 7.32. The number of hydrogen-bond donors (Lipinski definition) is 0. The van der Waals surface area contributed by atoms with Crippen LogP contribution in [0.15, 0.2) is 36.5 Å². The van der Waals surface area contributed by atoms with Gasteiger partial charge in [-0.2, -0.15) is 0 Å². The summed E-state index contributed by atoms with van der Waals surface area (Å²) in [6, 6.07) is 0. The quantitative estimate of drug-likeness (QED) is 0.246. The molecule has 0 spiro atoms. The largest absolute Gasteiger partial charge is 0.0991 e. The highest BCUT2D eigenvalue weighted by atomic mass is 127. The molecule has 15 heavy (non-hydrogen) atoms. The lowest BCUT2D eigenvalue weighted by Crippen LogP contribution is -2.00. The molecule has 0 rings (SSSR count). The molecular weight excluding hydrogens is 295 g/mol.